The van der Waals surface area contributed by atoms with Crippen LogP contribution in [0.1, 0.15) is 0 Å². The lowest BCUT2D eigenvalue weighted by Gasteiger charge is -2.10. The van der Waals surface area contributed by atoms with Gasteiger partial charge in [-0.2, -0.15) is 5.10 Å². The third kappa shape index (κ3) is 7.17. The first-order valence-electron chi connectivity index (χ1n) is 13.0. The molecule has 43 heavy (non-hydrogen) atoms. The fourth-order valence-corrected chi connectivity index (χ4v) is 5.43. The van der Waals surface area contributed by atoms with Gasteiger partial charge in [-0.05, 0) is 78.4 Å². The number of benzene rings is 3. The molecule has 0 atom stereocenters. The van der Waals surface area contributed by atoms with Crippen molar-refractivity contribution in [3.63, 3.8) is 0 Å². The van der Waals surface area contributed by atoms with E-state index in [1.807, 2.05) is 42.6 Å². The predicted octanol–water partition coefficient (Wildman–Crippen LogP) is 5.50. The number of methoxy groups -OCH3 is 1. The number of carbonyl (C=O) groups is 1. The summed E-state index contributed by atoms with van der Waals surface area (Å²) in [7, 11) is -2.26. The summed E-state index contributed by atoms with van der Waals surface area (Å²) in [6.07, 6.45) is 5.34. The van der Waals surface area contributed by atoms with Crippen LogP contribution in [-0.4, -0.2) is 49.4 Å². The molecule has 5 rings (SSSR count). The minimum Gasteiger partial charge on any atom is -0.495 e. The van der Waals surface area contributed by atoms with Gasteiger partial charge in [-0.3, -0.25) is 4.98 Å². The Kier molecular flexibility index (Phi) is 9.00. The molecule has 0 aliphatic rings. The quantitative estimate of drug-likeness (QED) is 0.177. The number of sulfonamides is 1. The molecule has 2 amide bonds. The molecule has 0 radical (unpaired) electrons. The zero-order valence-corrected chi connectivity index (χ0v) is 24.4. The fourth-order valence-electron chi connectivity index (χ4n) is 4.20. The molecule has 0 saturated carbocycles. The van der Waals surface area contributed by atoms with Crippen molar-refractivity contribution in [3.05, 3.63) is 108 Å². The van der Waals surface area contributed by atoms with Gasteiger partial charge in [0, 0.05) is 48.5 Å². The topological polar surface area (TPSA) is 127 Å². The highest BCUT2D eigenvalue weighted by Crippen LogP contribution is 2.36. The van der Waals surface area contributed by atoms with Gasteiger partial charge >= 0.3 is 6.03 Å². The van der Waals surface area contributed by atoms with Crippen LogP contribution in [0.3, 0.4) is 0 Å². The highest BCUT2D eigenvalue weighted by molar-refractivity contribution is 7.89. The van der Waals surface area contributed by atoms with Gasteiger partial charge in [-0.25, -0.2) is 27.0 Å². The first kappa shape index (κ1) is 29.7. The third-order valence-electron chi connectivity index (χ3n) is 6.35. The summed E-state index contributed by atoms with van der Waals surface area (Å²) in [5.41, 5.74) is 4.63. The molecule has 0 unspecified atom stereocenters. The number of anilines is 1. The Hall–Kier alpha value is -4.78. The maximum Gasteiger partial charge on any atom is 0.319 e. The number of rotatable bonds is 10. The lowest BCUT2D eigenvalue weighted by molar-refractivity contribution is 0.252. The van der Waals surface area contributed by atoms with Crippen LogP contribution in [0.15, 0.2) is 102 Å². The van der Waals surface area contributed by atoms with Gasteiger partial charge in [0.05, 0.1) is 22.7 Å². The lowest BCUT2D eigenvalue weighted by Crippen LogP contribution is -2.36. The second kappa shape index (κ2) is 13.0. The Morgan fingerprint density at radius 1 is 0.953 bits per heavy atom. The standard InChI is InChI=1S/C30H26ClFN6O4S/c1-42-28-18-21(2-11-27(28)31)29-26(20-12-14-33-15-13-20)19-38(37-29)24-7-5-23(6-8-24)36-30(39)34-16-17-35-43(40,41)25-9-3-22(32)4-10-25/h2-15,18-19,35H,16-17H2,1H3,(H2,34,36,39). The Balaban J connectivity index is 1.25. The molecule has 2 aromatic heterocycles. The summed E-state index contributed by atoms with van der Waals surface area (Å²) in [5, 5.41) is 10.6. The summed E-state index contributed by atoms with van der Waals surface area (Å²) < 4.78 is 47.1. The molecule has 3 N–H and O–H groups in total. The number of ether oxygens (including phenoxy) is 1. The molecule has 0 saturated heterocycles. The highest BCUT2D eigenvalue weighted by atomic mass is 35.5. The molecule has 0 aliphatic carbocycles. The van der Waals surface area contributed by atoms with Crippen molar-refractivity contribution in [2.75, 3.05) is 25.5 Å². The Labute approximate surface area is 252 Å². The Morgan fingerprint density at radius 2 is 1.67 bits per heavy atom. The van der Waals surface area contributed by atoms with E-state index in [-0.39, 0.29) is 18.0 Å². The van der Waals surface area contributed by atoms with E-state index in [1.165, 1.54) is 12.1 Å². The summed E-state index contributed by atoms with van der Waals surface area (Å²) in [6.45, 7) is -0.0132. The molecule has 0 aliphatic heterocycles. The van der Waals surface area contributed by atoms with Crippen molar-refractivity contribution in [2.45, 2.75) is 4.90 Å². The van der Waals surface area contributed by atoms with Crippen LogP contribution in [0.25, 0.3) is 28.1 Å². The third-order valence-corrected chi connectivity index (χ3v) is 8.14. The first-order valence-corrected chi connectivity index (χ1v) is 14.8. The molecular formula is C30H26ClFN6O4S. The summed E-state index contributed by atoms with van der Waals surface area (Å²) in [5.74, 6) is 0.00163. The number of urea groups is 1. The minimum atomic E-state index is -3.82. The number of pyridine rings is 1. The first-order chi connectivity index (χ1) is 20.7. The van der Waals surface area contributed by atoms with Crippen LogP contribution in [0.4, 0.5) is 14.9 Å². The van der Waals surface area contributed by atoms with Crippen LogP contribution in [-0.2, 0) is 10.0 Å². The number of amides is 2. The molecule has 5 aromatic rings. The van der Waals surface area contributed by atoms with Gasteiger partial charge in [0.1, 0.15) is 17.3 Å². The normalized spacial score (nSPS) is 11.2. The number of hydrogen-bond donors (Lipinski definition) is 3. The number of nitrogens with one attached hydrogen (secondary N) is 3. The number of hydrogen-bond acceptors (Lipinski definition) is 6. The van der Waals surface area contributed by atoms with Crippen LogP contribution >= 0.6 is 11.6 Å². The molecule has 10 nitrogen and oxygen atoms in total. The Bertz CT molecular complexity index is 1830. The van der Waals surface area contributed by atoms with Gasteiger partial charge in [0.25, 0.3) is 0 Å². The molecular weight excluding hydrogens is 595 g/mol. The van der Waals surface area contributed by atoms with E-state index in [9.17, 15) is 17.6 Å². The summed E-state index contributed by atoms with van der Waals surface area (Å²) in [4.78, 5) is 16.4. The second-order valence-corrected chi connectivity index (χ2v) is 11.4. The number of nitrogens with zero attached hydrogens (tertiary/aromatic N) is 3. The van der Waals surface area contributed by atoms with Crippen LogP contribution in [0.2, 0.25) is 5.02 Å². The summed E-state index contributed by atoms with van der Waals surface area (Å²) >= 11 is 6.24. The number of halogens is 2. The van der Waals surface area contributed by atoms with E-state index in [0.717, 1.165) is 40.2 Å². The average Bonchev–Trinajstić information content (AvgIpc) is 3.46. The van der Waals surface area contributed by atoms with Crippen molar-refractivity contribution in [1.82, 2.24) is 24.8 Å². The molecule has 220 valence electrons. The predicted molar refractivity (Wildman–Crippen MR) is 162 cm³/mol. The van der Waals surface area contributed by atoms with E-state index < -0.39 is 21.9 Å². The molecule has 2 heterocycles. The average molecular weight is 621 g/mol. The van der Waals surface area contributed by atoms with Crippen LogP contribution in [0.5, 0.6) is 5.75 Å². The van der Waals surface area contributed by atoms with E-state index >= 15 is 0 Å². The van der Waals surface area contributed by atoms with Crippen molar-refractivity contribution in [3.8, 4) is 33.8 Å². The van der Waals surface area contributed by atoms with E-state index in [4.69, 9.17) is 21.4 Å². The number of aromatic nitrogens is 3. The van der Waals surface area contributed by atoms with Gasteiger partial charge in [0.2, 0.25) is 10.0 Å². The summed E-state index contributed by atoms with van der Waals surface area (Å²) in [6, 6.07) is 20.3. The van der Waals surface area contributed by atoms with Gasteiger partial charge in [-0.1, -0.05) is 17.7 Å². The van der Waals surface area contributed by atoms with Gasteiger partial charge < -0.3 is 15.4 Å². The van der Waals surface area contributed by atoms with Crippen LogP contribution < -0.4 is 20.1 Å². The number of carbonyl (C=O) groups excluding carboxylic acids is 1. The minimum absolute atomic E-state index is 0.0354. The van der Waals surface area contributed by atoms with Crippen LogP contribution in [0, 0.1) is 5.82 Å². The second-order valence-electron chi connectivity index (χ2n) is 9.20. The molecule has 0 bridgehead atoms. The van der Waals surface area contributed by atoms with Gasteiger partial charge in [-0.15, -0.1) is 0 Å². The largest absolute Gasteiger partial charge is 0.495 e. The van der Waals surface area contributed by atoms with Crippen molar-refractivity contribution in [1.29, 1.82) is 0 Å². The van der Waals surface area contributed by atoms with Gasteiger partial charge in [0.15, 0.2) is 0 Å². The monoisotopic (exact) mass is 620 g/mol. The maximum atomic E-state index is 13.1. The van der Waals surface area contributed by atoms with E-state index in [0.29, 0.717) is 16.5 Å². The smallest absolute Gasteiger partial charge is 0.319 e. The zero-order valence-electron chi connectivity index (χ0n) is 22.8. The van der Waals surface area contributed by atoms with Crippen molar-refractivity contribution >= 4 is 33.3 Å². The fraction of sp³-hybridized carbons (Fsp3) is 0.100. The van der Waals surface area contributed by atoms with E-state index in [2.05, 4.69) is 20.3 Å². The zero-order chi connectivity index (χ0) is 30.4. The molecule has 0 spiro atoms. The SMILES string of the molecule is COc1cc(-c2nn(-c3ccc(NC(=O)NCCNS(=O)(=O)c4ccc(F)cc4)cc3)cc2-c2ccncc2)ccc1Cl. The van der Waals surface area contributed by atoms with Crippen molar-refractivity contribution in [2.24, 2.45) is 0 Å². The molecule has 3 aromatic carbocycles. The highest BCUT2D eigenvalue weighted by Gasteiger charge is 2.17. The molecule has 13 heteroatoms. The maximum absolute atomic E-state index is 13.1. The Morgan fingerprint density at radius 3 is 2.37 bits per heavy atom. The lowest BCUT2D eigenvalue weighted by atomic mass is 10.0. The van der Waals surface area contributed by atoms with E-state index in [1.54, 1.807) is 42.4 Å². The molecule has 0 fully saturated rings. The van der Waals surface area contributed by atoms with Crippen molar-refractivity contribution < 1.29 is 22.3 Å².